The average Bonchev–Trinajstić information content (AvgIpc) is 2.91. The maximum atomic E-state index is 11.6. The molecule has 1 amide bonds. The first-order valence-corrected chi connectivity index (χ1v) is 6.83. The molecule has 0 radical (unpaired) electrons. The zero-order chi connectivity index (χ0) is 13.5. The molecule has 6 heteroatoms. The highest BCUT2D eigenvalue weighted by molar-refractivity contribution is 7.09. The summed E-state index contributed by atoms with van der Waals surface area (Å²) in [6, 6.07) is 7.79. The van der Waals surface area contributed by atoms with Gasteiger partial charge >= 0.3 is 0 Å². The zero-order valence-electron chi connectivity index (χ0n) is 10.6. The molecule has 0 saturated carbocycles. The van der Waals surface area contributed by atoms with Crippen molar-refractivity contribution in [3.05, 3.63) is 36.2 Å². The number of hydrogen-bond donors (Lipinski definition) is 1. The SMILES string of the molecule is CCCc1ccc(OCC(=O)Nc2ncns2)cc1. The Bertz CT molecular complexity index is 511. The van der Waals surface area contributed by atoms with E-state index in [1.54, 1.807) is 0 Å². The molecule has 100 valence electrons. The molecule has 1 aromatic carbocycles. The van der Waals surface area contributed by atoms with Gasteiger partial charge in [-0.05, 0) is 24.1 Å². The first kappa shape index (κ1) is 13.5. The lowest BCUT2D eigenvalue weighted by atomic mass is 10.1. The Labute approximate surface area is 115 Å². The van der Waals surface area contributed by atoms with Crippen molar-refractivity contribution in [2.24, 2.45) is 0 Å². The van der Waals surface area contributed by atoms with Gasteiger partial charge < -0.3 is 4.74 Å². The van der Waals surface area contributed by atoms with Gasteiger partial charge in [0.25, 0.3) is 5.91 Å². The zero-order valence-corrected chi connectivity index (χ0v) is 11.4. The van der Waals surface area contributed by atoms with E-state index in [4.69, 9.17) is 4.74 Å². The van der Waals surface area contributed by atoms with Crippen LogP contribution in [0.4, 0.5) is 5.13 Å². The molecule has 0 bridgehead atoms. The first-order valence-electron chi connectivity index (χ1n) is 6.06. The lowest BCUT2D eigenvalue weighted by Gasteiger charge is -2.06. The summed E-state index contributed by atoms with van der Waals surface area (Å²) in [5.41, 5.74) is 1.27. The van der Waals surface area contributed by atoms with E-state index in [1.807, 2.05) is 24.3 Å². The number of carbonyl (C=O) groups is 1. The van der Waals surface area contributed by atoms with Crippen molar-refractivity contribution in [1.29, 1.82) is 0 Å². The van der Waals surface area contributed by atoms with E-state index in [0.717, 1.165) is 24.4 Å². The largest absolute Gasteiger partial charge is 0.484 e. The molecule has 0 spiro atoms. The molecule has 0 aliphatic carbocycles. The first-order chi connectivity index (χ1) is 9.28. The van der Waals surface area contributed by atoms with Crippen molar-refractivity contribution >= 4 is 22.6 Å². The molecular weight excluding hydrogens is 262 g/mol. The fourth-order valence-corrected chi connectivity index (χ4v) is 2.02. The molecule has 0 unspecified atom stereocenters. The van der Waals surface area contributed by atoms with Gasteiger partial charge in [-0.15, -0.1) is 0 Å². The van der Waals surface area contributed by atoms with Crippen molar-refractivity contribution in [1.82, 2.24) is 9.36 Å². The molecule has 2 aromatic rings. The van der Waals surface area contributed by atoms with Gasteiger partial charge in [0.15, 0.2) is 6.61 Å². The molecular formula is C13H15N3O2S. The van der Waals surface area contributed by atoms with Gasteiger partial charge in [0.1, 0.15) is 12.1 Å². The van der Waals surface area contributed by atoms with Gasteiger partial charge in [0.05, 0.1) is 0 Å². The summed E-state index contributed by atoms with van der Waals surface area (Å²) in [5.74, 6) is 0.446. The Morgan fingerprint density at radius 2 is 2.16 bits per heavy atom. The van der Waals surface area contributed by atoms with E-state index in [1.165, 1.54) is 11.9 Å². The normalized spacial score (nSPS) is 10.2. The third-order valence-corrected chi connectivity index (χ3v) is 3.02. The number of carbonyl (C=O) groups excluding carboxylic acids is 1. The van der Waals surface area contributed by atoms with E-state index >= 15 is 0 Å². The number of aryl methyl sites for hydroxylation is 1. The Balaban J connectivity index is 1.79. The topological polar surface area (TPSA) is 64.1 Å². The molecule has 19 heavy (non-hydrogen) atoms. The smallest absolute Gasteiger partial charge is 0.264 e. The molecule has 2 rings (SSSR count). The van der Waals surface area contributed by atoms with Crippen LogP contribution in [0.1, 0.15) is 18.9 Å². The minimum atomic E-state index is -0.241. The van der Waals surface area contributed by atoms with Crippen LogP contribution in [0.15, 0.2) is 30.6 Å². The number of hydrogen-bond acceptors (Lipinski definition) is 5. The summed E-state index contributed by atoms with van der Waals surface area (Å²) in [5, 5.41) is 3.08. The summed E-state index contributed by atoms with van der Waals surface area (Å²) >= 11 is 1.13. The van der Waals surface area contributed by atoms with Crippen molar-refractivity contribution in [3.8, 4) is 5.75 Å². The van der Waals surface area contributed by atoms with Crippen LogP contribution in [0, 0.1) is 0 Å². The maximum absolute atomic E-state index is 11.6. The third-order valence-electron chi connectivity index (χ3n) is 2.44. The van der Waals surface area contributed by atoms with Crippen LogP contribution in [-0.2, 0) is 11.2 Å². The van der Waals surface area contributed by atoms with E-state index in [-0.39, 0.29) is 12.5 Å². The molecule has 1 heterocycles. The standard InChI is InChI=1S/C13H15N3O2S/c1-2-3-10-4-6-11(7-5-10)18-8-12(17)16-13-14-9-15-19-13/h4-7,9H,2-3,8H2,1H3,(H,14,15,16,17). The highest BCUT2D eigenvalue weighted by atomic mass is 32.1. The number of nitrogens with one attached hydrogen (secondary N) is 1. The Kier molecular flexibility index (Phi) is 4.85. The monoisotopic (exact) mass is 277 g/mol. The Hall–Kier alpha value is -1.95. The second-order valence-corrected chi connectivity index (χ2v) is 4.76. The molecule has 1 N–H and O–H groups in total. The molecule has 0 aliphatic heterocycles. The molecule has 1 aromatic heterocycles. The minimum Gasteiger partial charge on any atom is -0.484 e. The lowest BCUT2D eigenvalue weighted by Crippen LogP contribution is -2.19. The number of nitrogens with zero attached hydrogens (tertiary/aromatic N) is 2. The highest BCUT2D eigenvalue weighted by Gasteiger charge is 2.05. The van der Waals surface area contributed by atoms with Crippen molar-refractivity contribution in [3.63, 3.8) is 0 Å². The van der Waals surface area contributed by atoms with E-state index in [2.05, 4.69) is 21.6 Å². The van der Waals surface area contributed by atoms with Crippen LogP contribution < -0.4 is 10.1 Å². The summed E-state index contributed by atoms with van der Waals surface area (Å²) in [7, 11) is 0. The van der Waals surface area contributed by atoms with Crippen molar-refractivity contribution in [2.75, 3.05) is 11.9 Å². The van der Waals surface area contributed by atoms with E-state index in [9.17, 15) is 4.79 Å². The van der Waals surface area contributed by atoms with Crippen LogP contribution in [0.3, 0.4) is 0 Å². The van der Waals surface area contributed by atoms with Gasteiger partial charge in [-0.1, -0.05) is 25.5 Å². The molecule has 5 nitrogen and oxygen atoms in total. The quantitative estimate of drug-likeness (QED) is 0.881. The van der Waals surface area contributed by atoms with Crippen LogP contribution in [-0.4, -0.2) is 21.9 Å². The number of amides is 1. The number of rotatable bonds is 6. The maximum Gasteiger partial charge on any atom is 0.264 e. The van der Waals surface area contributed by atoms with Gasteiger partial charge in [-0.3, -0.25) is 10.1 Å². The molecule has 0 fully saturated rings. The van der Waals surface area contributed by atoms with Gasteiger partial charge in [0, 0.05) is 11.5 Å². The minimum absolute atomic E-state index is 0.0350. The van der Waals surface area contributed by atoms with Crippen LogP contribution >= 0.6 is 11.5 Å². The summed E-state index contributed by atoms with van der Waals surface area (Å²) in [6.07, 6.45) is 3.57. The van der Waals surface area contributed by atoms with Crippen molar-refractivity contribution < 1.29 is 9.53 Å². The fourth-order valence-electron chi connectivity index (χ4n) is 1.57. The van der Waals surface area contributed by atoms with Gasteiger partial charge in [-0.2, -0.15) is 4.37 Å². The van der Waals surface area contributed by atoms with Crippen molar-refractivity contribution in [2.45, 2.75) is 19.8 Å². The summed E-state index contributed by atoms with van der Waals surface area (Å²) in [6.45, 7) is 2.11. The Morgan fingerprint density at radius 1 is 1.37 bits per heavy atom. The van der Waals surface area contributed by atoms with Gasteiger partial charge in [-0.25, -0.2) is 4.98 Å². The van der Waals surface area contributed by atoms with E-state index in [0.29, 0.717) is 10.9 Å². The van der Waals surface area contributed by atoms with Crippen LogP contribution in [0.5, 0.6) is 5.75 Å². The predicted octanol–water partition coefficient (Wildman–Crippen LogP) is 2.51. The number of benzene rings is 1. The predicted molar refractivity (Wildman–Crippen MR) is 74.5 cm³/mol. The summed E-state index contributed by atoms with van der Waals surface area (Å²) in [4.78, 5) is 15.4. The lowest BCUT2D eigenvalue weighted by molar-refractivity contribution is -0.118. The van der Waals surface area contributed by atoms with E-state index < -0.39 is 0 Å². The third kappa shape index (κ3) is 4.33. The van der Waals surface area contributed by atoms with Crippen LogP contribution in [0.25, 0.3) is 0 Å². The second kappa shape index (κ2) is 6.84. The Morgan fingerprint density at radius 3 is 2.79 bits per heavy atom. The molecule has 0 aliphatic rings. The number of anilines is 1. The molecule has 0 atom stereocenters. The number of ether oxygens (including phenoxy) is 1. The second-order valence-electron chi connectivity index (χ2n) is 3.98. The fraction of sp³-hybridized carbons (Fsp3) is 0.308. The van der Waals surface area contributed by atoms with Crippen LogP contribution in [0.2, 0.25) is 0 Å². The summed E-state index contributed by atoms with van der Waals surface area (Å²) < 4.78 is 9.19. The average molecular weight is 277 g/mol. The molecule has 0 saturated heterocycles. The highest BCUT2D eigenvalue weighted by Crippen LogP contribution is 2.13. The van der Waals surface area contributed by atoms with Gasteiger partial charge in [0.2, 0.25) is 5.13 Å². The number of aromatic nitrogens is 2.